The zero-order chi connectivity index (χ0) is 16.6. The lowest BCUT2D eigenvalue weighted by Gasteiger charge is -2.56. The van der Waals surface area contributed by atoms with Gasteiger partial charge in [-0.3, -0.25) is 9.59 Å². The molecule has 0 aromatic carbocycles. The number of allylic oxidation sites excluding steroid dienone is 2. The fraction of sp³-hybridized carbons (Fsp3) is 0.800. The molecule has 3 nitrogen and oxygen atoms in total. The van der Waals surface area contributed by atoms with E-state index in [4.69, 9.17) is 0 Å². The molecule has 4 rings (SSSR count). The molecule has 23 heavy (non-hydrogen) atoms. The molecule has 0 amide bonds. The molecular formula is C20H28O3. The first-order valence-electron chi connectivity index (χ1n) is 9.20. The smallest absolute Gasteiger partial charge is 0.156 e. The van der Waals surface area contributed by atoms with Crippen molar-refractivity contribution in [3.05, 3.63) is 11.6 Å². The van der Waals surface area contributed by atoms with E-state index in [1.54, 1.807) is 6.92 Å². The molecule has 4 aliphatic carbocycles. The van der Waals surface area contributed by atoms with E-state index in [2.05, 4.69) is 13.8 Å². The Morgan fingerprint density at radius 2 is 2.00 bits per heavy atom. The first-order valence-corrected chi connectivity index (χ1v) is 9.20. The van der Waals surface area contributed by atoms with Gasteiger partial charge in [0.05, 0.1) is 6.10 Å². The van der Waals surface area contributed by atoms with Crippen LogP contribution in [0, 0.1) is 34.5 Å². The van der Waals surface area contributed by atoms with E-state index in [0.29, 0.717) is 30.0 Å². The van der Waals surface area contributed by atoms with Crippen LogP contribution in [0.5, 0.6) is 0 Å². The van der Waals surface area contributed by atoms with E-state index in [1.165, 1.54) is 5.57 Å². The fourth-order valence-electron chi connectivity index (χ4n) is 7.16. The Bertz CT molecular complexity index is 606. The van der Waals surface area contributed by atoms with Crippen molar-refractivity contribution in [3.63, 3.8) is 0 Å². The maximum atomic E-state index is 12.2. The number of aliphatic hydroxyl groups is 1. The summed E-state index contributed by atoms with van der Waals surface area (Å²) >= 11 is 0. The number of ketones is 2. The molecule has 4 aliphatic rings. The van der Waals surface area contributed by atoms with Crippen molar-refractivity contribution < 1.29 is 14.7 Å². The van der Waals surface area contributed by atoms with Gasteiger partial charge in [0.1, 0.15) is 5.78 Å². The minimum Gasteiger partial charge on any atom is -0.392 e. The Balaban J connectivity index is 1.69. The highest BCUT2D eigenvalue weighted by Gasteiger charge is 2.62. The molecule has 3 heteroatoms. The quantitative estimate of drug-likeness (QED) is 0.807. The summed E-state index contributed by atoms with van der Waals surface area (Å²) in [6, 6.07) is 0. The van der Waals surface area contributed by atoms with Crippen LogP contribution in [0.4, 0.5) is 0 Å². The summed E-state index contributed by atoms with van der Waals surface area (Å²) in [6.07, 6.45) is 7.12. The highest BCUT2D eigenvalue weighted by molar-refractivity contribution is 5.94. The topological polar surface area (TPSA) is 54.4 Å². The molecule has 0 aromatic rings. The number of carbonyl (C=O) groups excluding carboxylic acids is 2. The molecule has 0 bridgehead atoms. The van der Waals surface area contributed by atoms with Gasteiger partial charge >= 0.3 is 0 Å². The van der Waals surface area contributed by atoms with Crippen LogP contribution in [0.3, 0.4) is 0 Å². The minimum atomic E-state index is -0.476. The molecule has 0 aromatic heterocycles. The van der Waals surface area contributed by atoms with Crippen LogP contribution in [-0.4, -0.2) is 22.8 Å². The van der Waals surface area contributed by atoms with Gasteiger partial charge in [-0.15, -0.1) is 0 Å². The Hall–Kier alpha value is -0.960. The summed E-state index contributed by atoms with van der Waals surface area (Å²) in [7, 11) is 0. The second kappa shape index (κ2) is 4.78. The summed E-state index contributed by atoms with van der Waals surface area (Å²) in [5.41, 5.74) is 1.36. The van der Waals surface area contributed by atoms with E-state index >= 15 is 0 Å². The van der Waals surface area contributed by atoms with E-state index in [-0.39, 0.29) is 22.5 Å². The van der Waals surface area contributed by atoms with Gasteiger partial charge in [-0.25, -0.2) is 0 Å². The summed E-state index contributed by atoms with van der Waals surface area (Å²) in [4.78, 5) is 24.2. The van der Waals surface area contributed by atoms with Crippen molar-refractivity contribution in [2.75, 3.05) is 0 Å². The van der Waals surface area contributed by atoms with Crippen molar-refractivity contribution in [1.29, 1.82) is 0 Å². The van der Waals surface area contributed by atoms with Crippen molar-refractivity contribution >= 4 is 11.6 Å². The average molecular weight is 316 g/mol. The van der Waals surface area contributed by atoms with Gasteiger partial charge in [-0.05, 0) is 73.7 Å². The monoisotopic (exact) mass is 316 g/mol. The number of hydrogen-bond donors (Lipinski definition) is 1. The molecule has 0 radical (unpaired) electrons. The van der Waals surface area contributed by atoms with E-state index < -0.39 is 6.10 Å². The molecular weight excluding hydrogens is 288 g/mol. The first kappa shape index (κ1) is 15.6. The van der Waals surface area contributed by atoms with Gasteiger partial charge < -0.3 is 5.11 Å². The lowest BCUT2D eigenvalue weighted by atomic mass is 9.48. The van der Waals surface area contributed by atoms with Gasteiger partial charge in [0.25, 0.3) is 0 Å². The number of carbonyl (C=O) groups is 2. The van der Waals surface area contributed by atoms with Crippen LogP contribution in [0.15, 0.2) is 11.6 Å². The van der Waals surface area contributed by atoms with Crippen molar-refractivity contribution in [2.45, 2.75) is 65.4 Å². The van der Waals surface area contributed by atoms with Gasteiger partial charge in [0, 0.05) is 12.3 Å². The summed E-state index contributed by atoms with van der Waals surface area (Å²) in [5.74, 6) is 1.79. The first-order chi connectivity index (χ1) is 10.8. The third-order valence-corrected chi connectivity index (χ3v) is 8.08. The zero-order valence-corrected chi connectivity index (χ0v) is 14.5. The average Bonchev–Trinajstić information content (AvgIpc) is 2.89. The lowest BCUT2D eigenvalue weighted by Crippen LogP contribution is -2.49. The molecule has 0 saturated heterocycles. The van der Waals surface area contributed by atoms with Crippen LogP contribution in [-0.2, 0) is 9.59 Å². The van der Waals surface area contributed by atoms with E-state index in [1.807, 2.05) is 6.08 Å². The lowest BCUT2D eigenvalue weighted by molar-refractivity contribution is -0.130. The molecule has 1 N–H and O–H groups in total. The van der Waals surface area contributed by atoms with Crippen LogP contribution < -0.4 is 0 Å². The second-order valence-corrected chi connectivity index (χ2v) is 9.08. The number of rotatable bonds is 1. The standard InChI is InChI=1S/C20H28O3/c1-11(21)18-17(23)9-16-14-5-4-12-8-13(22)10-20(12,3)15(14)6-7-19(16,18)2/h8,14-18,23H,4-7,9-10H2,1-3H3/t14-,15+,16-,17+,18-,19-,20+/m0/s1. The summed E-state index contributed by atoms with van der Waals surface area (Å²) < 4.78 is 0. The molecule has 126 valence electrons. The zero-order valence-electron chi connectivity index (χ0n) is 14.5. The Morgan fingerprint density at radius 3 is 2.70 bits per heavy atom. The largest absolute Gasteiger partial charge is 0.392 e. The second-order valence-electron chi connectivity index (χ2n) is 9.08. The maximum absolute atomic E-state index is 12.2. The maximum Gasteiger partial charge on any atom is 0.156 e. The highest BCUT2D eigenvalue weighted by atomic mass is 16.3. The molecule has 0 unspecified atom stereocenters. The third kappa shape index (κ3) is 1.92. The molecule has 3 fully saturated rings. The normalized spacial score (nSPS) is 51.7. The predicted molar refractivity (Wildman–Crippen MR) is 87.7 cm³/mol. The van der Waals surface area contributed by atoms with E-state index in [9.17, 15) is 14.7 Å². The van der Waals surface area contributed by atoms with Gasteiger partial charge in [-0.2, -0.15) is 0 Å². The molecule has 7 atom stereocenters. The third-order valence-electron chi connectivity index (χ3n) is 8.08. The number of fused-ring (bicyclic) bond motifs is 5. The number of aliphatic hydroxyl groups excluding tert-OH is 1. The molecule has 0 spiro atoms. The van der Waals surface area contributed by atoms with Crippen molar-refractivity contribution in [2.24, 2.45) is 34.5 Å². The number of Topliss-reactive ketones (excluding diaryl/α,β-unsaturated/α-hetero) is 1. The molecule has 0 aliphatic heterocycles. The summed E-state index contributed by atoms with van der Waals surface area (Å²) in [5, 5.41) is 10.6. The van der Waals surface area contributed by atoms with Crippen LogP contribution in [0.25, 0.3) is 0 Å². The number of hydrogen-bond acceptors (Lipinski definition) is 3. The Kier molecular flexibility index (Phi) is 3.23. The Morgan fingerprint density at radius 1 is 1.26 bits per heavy atom. The molecule has 3 saturated carbocycles. The summed E-state index contributed by atoms with van der Waals surface area (Å²) in [6.45, 7) is 6.17. The highest BCUT2D eigenvalue weighted by Crippen LogP contribution is 2.66. The fourth-order valence-corrected chi connectivity index (χ4v) is 7.16. The van der Waals surface area contributed by atoms with E-state index in [0.717, 1.165) is 32.1 Å². The Labute approximate surface area is 138 Å². The minimum absolute atomic E-state index is 0.0423. The van der Waals surface area contributed by atoms with Crippen molar-refractivity contribution in [1.82, 2.24) is 0 Å². The molecule has 0 heterocycles. The van der Waals surface area contributed by atoms with Crippen LogP contribution in [0.1, 0.15) is 59.3 Å². The van der Waals surface area contributed by atoms with Crippen LogP contribution in [0.2, 0.25) is 0 Å². The predicted octanol–water partition coefficient (Wildman–Crippen LogP) is 3.30. The van der Waals surface area contributed by atoms with Gasteiger partial charge in [-0.1, -0.05) is 19.4 Å². The van der Waals surface area contributed by atoms with Gasteiger partial charge in [0.2, 0.25) is 0 Å². The van der Waals surface area contributed by atoms with Gasteiger partial charge in [0.15, 0.2) is 5.78 Å². The van der Waals surface area contributed by atoms with Crippen LogP contribution >= 0.6 is 0 Å². The SMILES string of the molecule is CC(=O)[C@H]1[C@H](O)C[C@H]2[C@H]3CCC4=CC(=O)C[C@@]4(C)[C@@H]3CC[C@@]21C. The van der Waals surface area contributed by atoms with Crippen molar-refractivity contribution in [3.8, 4) is 0 Å².